The van der Waals surface area contributed by atoms with Crippen LogP contribution in [-0.4, -0.2) is 56.1 Å². The molecule has 1 aliphatic rings. The molecule has 3 aromatic rings. The van der Waals surface area contributed by atoms with Crippen LogP contribution < -0.4 is 10.1 Å². The van der Waals surface area contributed by atoms with Crippen molar-refractivity contribution >= 4 is 32.6 Å². The maximum atomic E-state index is 12.7. The van der Waals surface area contributed by atoms with Gasteiger partial charge >= 0.3 is 0 Å². The normalized spacial score (nSPS) is 14.9. The second kappa shape index (κ2) is 8.28. The zero-order valence-electron chi connectivity index (χ0n) is 16.3. The number of benzene rings is 2. The molecule has 1 N–H and O–H groups in total. The maximum absolute atomic E-state index is 12.7. The molecule has 1 saturated heterocycles. The number of anilines is 2. The van der Waals surface area contributed by atoms with E-state index in [2.05, 4.69) is 21.2 Å². The van der Waals surface area contributed by atoms with Gasteiger partial charge in [0.1, 0.15) is 5.75 Å². The zero-order chi connectivity index (χ0) is 21.1. The lowest BCUT2D eigenvalue weighted by atomic mass is 10.1. The summed E-state index contributed by atoms with van der Waals surface area (Å²) in [6, 6.07) is 10.1. The van der Waals surface area contributed by atoms with Crippen LogP contribution in [0, 0.1) is 12.3 Å². The molecule has 4 rings (SSSR count). The first-order valence-electron chi connectivity index (χ1n) is 9.27. The Morgan fingerprint density at radius 1 is 1.20 bits per heavy atom. The molecule has 0 unspecified atom stereocenters. The summed E-state index contributed by atoms with van der Waals surface area (Å²) in [6.07, 6.45) is 7.17. The fraction of sp³-hybridized carbons (Fsp3) is 0.238. The van der Waals surface area contributed by atoms with Crippen LogP contribution in [0.5, 0.6) is 5.75 Å². The van der Waals surface area contributed by atoms with Crippen molar-refractivity contribution < 1.29 is 17.9 Å². The first kappa shape index (κ1) is 20.1. The number of terminal acetylenes is 1. The third-order valence-corrected chi connectivity index (χ3v) is 6.69. The number of nitrogens with zero attached hydrogens (tertiary/aromatic N) is 3. The molecule has 1 aliphatic heterocycles. The number of hydrogen-bond acceptors (Lipinski definition) is 7. The highest BCUT2D eigenvalue weighted by Crippen LogP contribution is 2.26. The molecule has 1 fully saturated rings. The Morgan fingerprint density at radius 3 is 2.60 bits per heavy atom. The van der Waals surface area contributed by atoms with E-state index in [-0.39, 0.29) is 4.90 Å². The van der Waals surface area contributed by atoms with Gasteiger partial charge in [-0.25, -0.2) is 18.4 Å². The largest absolute Gasteiger partial charge is 0.495 e. The molecule has 8 nitrogen and oxygen atoms in total. The van der Waals surface area contributed by atoms with E-state index in [9.17, 15) is 8.42 Å². The molecule has 0 saturated carbocycles. The van der Waals surface area contributed by atoms with Crippen LogP contribution in [0.4, 0.5) is 11.6 Å². The minimum atomic E-state index is -3.53. The summed E-state index contributed by atoms with van der Waals surface area (Å²) in [6.45, 7) is 1.54. The van der Waals surface area contributed by atoms with Crippen LogP contribution in [0.3, 0.4) is 0 Å². The molecule has 1 aromatic heterocycles. The molecule has 0 amide bonds. The Kier molecular flexibility index (Phi) is 5.55. The lowest BCUT2D eigenvalue weighted by Crippen LogP contribution is -2.40. The SMILES string of the molecule is C#Cc1cc2cnc(Nc3ccc(S(=O)(=O)N4CCOCC4)cc3)nc2cc1OC. The average Bonchev–Trinajstić information content (AvgIpc) is 2.79. The number of methoxy groups -OCH3 is 1. The quantitative estimate of drug-likeness (QED) is 0.629. The topological polar surface area (TPSA) is 93.7 Å². The van der Waals surface area contributed by atoms with Gasteiger partial charge in [-0.15, -0.1) is 6.42 Å². The van der Waals surface area contributed by atoms with Gasteiger partial charge in [0.15, 0.2) is 0 Å². The first-order valence-corrected chi connectivity index (χ1v) is 10.7. The standard InChI is InChI=1S/C21H20N4O4S/c1-3-15-12-16-14-22-21(24-19(16)13-20(15)28-2)23-17-4-6-18(7-5-17)30(26,27)25-8-10-29-11-9-25/h1,4-7,12-14H,8-11H2,2H3,(H,22,23,24). The van der Waals surface area contributed by atoms with Gasteiger partial charge in [-0.3, -0.25) is 0 Å². The van der Waals surface area contributed by atoms with E-state index < -0.39 is 10.0 Å². The van der Waals surface area contributed by atoms with E-state index in [1.54, 1.807) is 49.7 Å². The number of aromatic nitrogens is 2. The number of rotatable bonds is 5. The molecule has 0 spiro atoms. The van der Waals surface area contributed by atoms with Crippen LogP contribution >= 0.6 is 0 Å². The number of hydrogen-bond donors (Lipinski definition) is 1. The van der Waals surface area contributed by atoms with E-state index in [1.807, 2.05) is 0 Å². The molecule has 9 heteroatoms. The highest BCUT2D eigenvalue weighted by Gasteiger charge is 2.26. The summed E-state index contributed by atoms with van der Waals surface area (Å²) < 4.78 is 37.4. The Bertz CT molecular complexity index is 1210. The van der Waals surface area contributed by atoms with Gasteiger partial charge in [-0.2, -0.15) is 4.31 Å². The molecule has 0 aliphatic carbocycles. The van der Waals surface area contributed by atoms with Crippen molar-refractivity contribution in [2.45, 2.75) is 4.90 Å². The predicted molar refractivity (Wildman–Crippen MR) is 113 cm³/mol. The molecule has 154 valence electrons. The molecule has 0 bridgehead atoms. The van der Waals surface area contributed by atoms with Crippen molar-refractivity contribution in [1.82, 2.24) is 14.3 Å². The van der Waals surface area contributed by atoms with Crippen molar-refractivity contribution in [3.05, 3.63) is 48.2 Å². The second-order valence-electron chi connectivity index (χ2n) is 6.62. The van der Waals surface area contributed by atoms with E-state index in [4.69, 9.17) is 15.9 Å². The number of nitrogens with one attached hydrogen (secondary N) is 1. The zero-order valence-corrected chi connectivity index (χ0v) is 17.1. The summed E-state index contributed by atoms with van der Waals surface area (Å²) in [5.74, 6) is 3.52. The average molecular weight is 424 g/mol. The molecule has 0 radical (unpaired) electrons. The van der Waals surface area contributed by atoms with Crippen LogP contribution in [0.1, 0.15) is 5.56 Å². The van der Waals surface area contributed by atoms with E-state index in [0.29, 0.717) is 54.8 Å². The smallest absolute Gasteiger partial charge is 0.243 e. The lowest BCUT2D eigenvalue weighted by Gasteiger charge is -2.26. The Balaban J connectivity index is 1.56. The van der Waals surface area contributed by atoms with Crippen molar-refractivity contribution in [2.24, 2.45) is 0 Å². The van der Waals surface area contributed by atoms with Crippen molar-refractivity contribution in [1.29, 1.82) is 0 Å². The fourth-order valence-electron chi connectivity index (χ4n) is 3.18. The van der Waals surface area contributed by atoms with Gasteiger partial charge in [0.25, 0.3) is 0 Å². The van der Waals surface area contributed by atoms with Crippen molar-refractivity contribution in [2.75, 3.05) is 38.7 Å². The third kappa shape index (κ3) is 3.93. The van der Waals surface area contributed by atoms with Gasteiger partial charge in [-0.05, 0) is 30.3 Å². The van der Waals surface area contributed by atoms with Gasteiger partial charge in [0.2, 0.25) is 16.0 Å². The van der Waals surface area contributed by atoms with Gasteiger partial charge < -0.3 is 14.8 Å². The monoisotopic (exact) mass is 424 g/mol. The van der Waals surface area contributed by atoms with Crippen molar-refractivity contribution in [3.63, 3.8) is 0 Å². The van der Waals surface area contributed by atoms with Gasteiger partial charge in [0, 0.05) is 36.4 Å². The minimum absolute atomic E-state index is 0.237. The number of morpholine rings is 1. The van der Waals surface area contributed by atoms with E-state index in [1.165, 1.54) is 4.31 Å². The first-order chi connectivity index (χ1) is 14.5. The summed E-state index contributed by atoms with van der Waals surface area (Å²) in [4.78, 5) is 9.03. The van der Waals surface area contributed by atoms with E-state index in [0.717, 1.165) is 5.39 Å². The summed E-state index contributed by atoms with van der Waals surface area (Å²) in [7, 11) is -1.98. The van der Waals surface area contributed by atoms with Crippen LogP contribution in [0.25, 0.3) is 10.9 Å². The molecular weight excluding hydrogens is 404 g/mol. The van der Waals surface area contributed by atoms with Crippen LogP contribution in [-0.2, 0) is 14.8 Å². The molecular formula is C21H20N4O4S. The number of fused-ring (bicyclic) bond motifs is 1. The molecule has 30 heavy (non-hydrogen) atoms. The highest BCUT2D eigenvalue weighted by atomic mass is 32.2. The maximum Gasteiger partial charge on any atom is 0.243 e. The fourth-order valence-corrected chi connectivity index (χ4v) is 4.58. The Hall–Kier alpha value is -3.19. The summed E-state index contributed by atoms with van der Waals surface area (Å²) in [5.41, 5.74) is 1.98. The predicted octanol–water partition coefficient (Wildman–Crippen LogP) is 2.38. The Morgan fingerprint density at radius 2 is 1.93 bits per heavy atom. The molecule has 2 heterocycles. The van der Waals surface area contributed by atoms with Gasteiger partial charge in [-0.1, -0.05) is 5.92 Å². The number of sulfonamides is 1. The second-order valence-corrected chi connectivity index (χ2v) is 8.55. The van der Waals surface area contributed by atoms with Crippen LogP contribution in [0.2, 0.25) is 0 Å². The third-order valence-electron chi connectivity index (χ3n) is 4.77. The summed E-state index contributed by atoms with van der Waals surface area (Å²) in [5, 5.41) is 3.88. The highest BCUT2D eigenvalue weighted by molar-refractivity contribution is 7.89. The van der Waals surface area contributed by atoms with Crippen molar-refractivity contribution in [3.8, 4) is 18.1 Å². The Labute approximate surface area is 174 Å². The van der Waals surface area contributed by atoms with Gasteiger partial charge in [0.05, 0.1) is 36.3 Å². The minimum Gasteiger partial charge on any atom is -0.495 e. The number of ether oxygens (including phenoxy) is 2. The molecule has 0 atom stereocenters. The van der Waals surface area contributed by atoms with Crippen LogP contribution in [0.15, 0.2) is 47.5 Å². The molecule has 2 aromatic carbocycles. The summed E-state index contributed by atoms with van der Waals surface area (Å²) >= 11 is 0. The lowest BCUT2D eigenvalue weighted by molar-refractivity contribution is 0.0730. The van der Waals surface area contributed by atoms with E-state index >= 15 is 0 Å².